The summed E-state index contributed by atoms with van der Waals surface area (Å²) in [5.41, 5.74) is 2.76. The fraction of sp³-hybridized carbons (Fsp3) is 0.160. The van der Waals surface area contributed by atoms with E-state index >= 15 is 0 Å². The highest BCUT2D eigenvalue weighted by Gasteiger charge is 2.23. The third-order valence-corrected chi connectivity index (χ3v) is 5.98. The molecule has 0 unspecified atom stereocenters. The van der Waals surface area contributed by atoms with Crippen LogP contribution < -0.4 is 10.6 Å². The second kappa shape index (κ2) is 11.5. The molecule has 1 atom stereocenters. The van der Waals surface area contributed by atoms with Crippen molar-refractivity contribution in [2.75, 3.05) is 17.2 Å². The third-order valence-electron chi connectivity index (χ3n) is 5.14. The van der Waals surface area contributed by atoms with Crippen molar-refractivity contribution in [1.29, 1.82) is 0 Å². The standard InChI is InChI=1S/C25H20Cl3N5O3/c1-2-36-25(35)20(33-23-22(28)31-18-5-3-4-6-19(18)32-23)11-14-7-9-15(10-8-14)30-24(34)21-16(26)12-29-13-17(21)27/h3-10,12-13,20H,2,11H2,1H3,(H,30,34)(H,32,33)/t20-/m0/s1. The van der Waals surface area contributed by atoms with E-state index in [0.717, 1.165) is 5.56 Å². The van der Waals surface area contributed by atoms with E-state index in [-0.39, 0.29) is 39.6 Å². The number of anilines is 2. The quantitative estimate of drug-likeness (QED) is 0.269. The van der Waals surface area contributed by atoms with Crippen molar-refractivity contribution in [1.82, 2.24) is 15.0 Å². The van der Waals surface area contributed by atoms with E-state index in [1.165, 1.54) is 12.4 Å². The number of carbonyl (C=O) groups excluding carboxylic acids is 2. The van der Waals surface area contributed by atoms with Crippen LogP contribution in [0.25, 0.3) is 11.0 Å². The minimum Gasteiger partial charge on any atom is -0.464 e. The number of fused-ring (bicyclic) bond motifs is 1. The number of benzene rings is 2. The van der Waals surface area contributed by atoms with Crippen LogP contribution >= 0.6 is 34.8 Å². The zero-order valence-electron chi connectivity index (χ0n) is 19.0. The summed E-state index contributed by atoms with van der Waals surface area (Å²) in [6, 6.07) is 13.5. The Balaban J connectivity index is 1.51. The molecule has 2 N–H and O–H groups in total. The Hall–Kier alpha value is -3.46. The minimum absolute atomic E-state index is 0.136. The summed E-state index contributed by atoms with van der Waals surface area (Å²) < 4.78 is 5.24. The van der Waals surface area contributed by atoms with Crippen molar-refractivity contribution >= 4 is 69.2 Å². The maximum atomic E-state index is 12.7. The predicted molar refractivity (Wildman–Crippen MR) is 141 cm³/mol. The molecule has 0 aliphatic carbocycles. The lowest BCUT2D eigenvalue weighted by Gasteiger charge is -2.19. The van der Waals surface area contributed by atoms with E-state index in [2.05, 4.69) is 25.6 Å². The first-order valence-electron chi connectivity index (χ1n) is 10.9. The van der Waals surface area contributed by atoms with E-state index in [1.807, 2.05) is 18.2 Å². The monoisotopic (exact) mass is 543 g/mol. The molecule has 2 aromatic heterocycles. The van der Waals surface area contributed by atoms with Crippen molar-refractivity contribution in [3.63, 3.8) is 0 Å². The Morgan fingerprint density at radius 3 is 2.22 bits per heavy atom. The van der Waals surface area contributed by atoms with Gasteiger partial charge in [-0.05, 0) is 36.8 Å². The summed E-state index contributed by atoms with van der Waals surface area (Å²) >= 11 is 18.4. The smallest absolute Gasteiger partial charge is 0.328 e. The van der Waals surface area contributed by atoms with Gasteiger partial charge in [0.05, 0.1) is 33.2 Å². The topological polar surface area (TPSA) is 106 Å². The first-order valence-corrected chi connectivity index (χ1v) is 12.0. The number of halogens is 3. The molecule has 0 spiro atoms. The molecule has 0 aliphatic heterocycles. The van der Waals surface area contributed by atoms with E-state index < -0.39 is 17.9 Å². The highest BCUT2D eigenvalue weighted by molar-refractivity contribution is 6.40. The SMILES string of the molecule is CCOC(=O)[C@H](Cc1ccc(NC(=O)c2c(Cl)cncc2Cl)cc1)Nc1nc2ccccc2nc1Cl. The molecule has 0 fully saturated rings. The van der Waals surface area contributed by atoms with Crippen molar-refractivity contribution in [3.8, 4) is 0 Å². The molecule has 11 heteroatoms. The molecule has 0 bridgehead atoms. The zero-order valence-corrected chi connectivity index (χ0v) is 21.2. The minimum atomic E-state index is -0.771. The van der Waals surface area contributed by atoms with E-state index in [1.54, 1.807) is 37.3 Å². The Bertz CT molecular complexity index is 1400. The first kappa shape index (κ1) is 25.6. The normalized spacial score (nSPS) is 11.7. The number of carbonyl (C=O) groups is 2. The molecule has 36 heavy (non-hydrogen) atoms. The number of aromatic nitrogens is 3. The number of esters is 1. The van der Waals surface area contributed by atoms with Gasteiger partial charge >= 0.3 is 5.97 Å². The Morgan fingerprint density at radius 2 is 1.58 bits per heavy atom. The average Bonchev–Trinajstić information content (AvgIpc) is 2.85. The Morgan fingerprint density at radius 1 is 0.944 bits per heavy atom. The molecule has 2 aromatic carbocycles. The summed E-state index contributed by atoms with van der Waals surface area (Å²) in [6.45, 7) is 1.95. The van der Waals surface area contributed by atoms with E-state index in [9.17, 15) is 9.59 Å². The number of rotatable bonds is 8. The van der Waals surface area contributed by atoms with Gasteiger partial charge in [0.25, 0.3) is 5.91 Å². The molecule has 0 radical (unpaired) electrons. The van der Waals surface area contributed by atoms with Crippen LogP contribution in [0.4, 0.5) is 11.5 Å². The third kappa shape index (κ3) is 6.02. The Labute approximate surface area is 222 Å². The summed E-state index contributed by atoms with van der Waals surface area (Å²) in [6.07, 6.45) is 2.97. The van der Waals surface area contributed by atoms with Gasteiger partial charge in [-0.2, -0.15) is 0 Å². The number of nitrogens with zero attached hydrogens (tertiary/aromatic N) is 3. The molecule has 0 saturated carbocycles. The average molecular weight is 545 g/mol. The molecular weight excluding hydrogens is 525 g/mol. The van der Waals surface area contributed by atoms with Crippen LogP contribution in [-0.2, 0) is 16.0 Å². The first-order chi connectivity index (χ1) is 17.4. The lowest BCUT2D eigenvalue weighted by atomic mass is 10.1. The number of pyridine rings is 1. The fourth-order valence-corrected chi connectivity index (χ4v) is 4.18. The van der Waals surface area contributed by atoms with E-state index in [4.69, 9.17) is 39.5 Å². The van der Waals surface area contributed by atoms with Crippen LogP contribution in [0.5, 0.6) is 0 Å². The maximum absolute atomic E-state index is 12.7. The van der Waals surface area contributed by atoms with Crippen molar-refractivity contribution in [2.45, 2.75) is 19.4 Å². The van der Waals surface area contributed by atoms with Gasteiger partial charge in [0.15, 0.2) is 11.0 Å². The largest absolute Gasteiger partial charge is 0.464 e. The van der Waals surface area contributed by atoms with Gasteiger partial charge in [0, 0.05) is 24.5 Å². The second-order valence-corrected chi connectivity index (χ2v) is 8.81. The molecule has 8 nitrogen and oxygen atoms in total. The van der Waals surface area contributed by atoms with Crippen LogP contribution in [0.1, 0.15) is 22.8 Å². The molecule has 4 rings (SSSR count). The van der Waals surface area contributed by atoms with Gasteiger partial charge < -0.3 is 15.4 Å². The summed E-state index contributed by atoms with van der Waals surface area (Å²) in [7, 11) is 0. The van der Waals surface area contributed by atoms with Crippen LogP contribution in [0, 0.1) is 0 Å². The van der Waals surface area contributed by atoms with Crippen molar-refractivity contribution < 1.29 is 14.3 Å². The number of ether oxygens (including phenoxy) is 1. The molecule has 184 valence electrons. The van der Waals surface area contributed by atoms with E-state index in [0.29, 0.717) is 16.7 Å². The molecule has 0 aliphatic rings. The second-order valence-electron chi connectivity index (χ2n) is 7.63. The molecule has 4 aromatic rings. The predicted octanol–water partition coefficient (Wildman–Crippen LogP) is 5.82. The number of hydrogen-bond donors (Lipinski definition) is 2. The summed E-state index contributed by atoms with van der Waals surface area (Å²) in [5.74, 6) is -0.637. The van der Waals surface area contributed by atoms with Gasteiger partial charge in [-0.3, -0.25) is 9.78 Å². The highest BCUT2D eigenvalue weighted by atomic mass is 35.5. The van der Waals surface area contributed by atoms with Gasteiger partial charge in [-0.25, -0.2) is 14.8 Å². The summed E-state index contributed by atoms with van der Waals surface area (Å²) in [4.78, 5) is 38.0. The van der Waals surface area contributed by atoms with Crippen LogP contribution in [0.2, 0.25) is 15.2 Å². The number of nitrogens with one attached hydrogen (secondary N) is 2. The number of para-hydroxylation sites is 2. The molecule has 0 saturated heterocycles. The lowest BCUT2D eigenvalue weighted by molar-refractivity contribution is -0.144. The molecule has 2 heterocycles. The molecular formula is C25H20Cl3N5O3. The van der Waals surface area contributed by atoms with Crippen LogP contribution in [-0.4, -0.2) is 39.5 Å². The van der Waals surface area contributed by atoms with Crippen LogP contribution in [0.3, 0.4) is 0 Å². The Kier molecular flexibility index (Phi) is 8.20. The van der Waals surface area contributed by atoms with Gasteiger partial charge in [-0.15, -0.1) is 0 Å². The van der Waals surface area contributed by atoms with Crippen LogP contribution in [0.15, 0.2) is 60.9 Å². The van der Waals surface area contributed by atoms with Gasteiger partial charge in [0.1, 0.15) is 6.04 Å². The zero-order chi connectivity index (χ0) is 25.7. The van der Waals surface area contributed by atoms with Gasteiger partial charge in [-0.1, -0.05) is 59.1 Å². The van der Waals surface area contributed by atoms with Gasteiger partial charge in [0.2, 0.25) is 0 Å². The maximum Gasteiger partial charge on any atom is 0.328 e. The van der Waals surface area contributed by atoms with Crippen molar-refractivity contribution in [2.24, 2.45) is 0 Å². The summed E-state index contributed by atoms with van der Waals surface area (Å²) in [5, 5.41) is 6.26. The lowest BCUT2D eigenvalue weighted by Crippen LogP contribution is -2.34. The van der Waals surface area contributed by atoms with Crippen molar-refractivity contribution in [3.05, 3.63) is 87.2 Å². The number of amides is 1. The number of hydrogen-bond acceptors (Lipinski definition) is 7. The highest BCUT2D eigenvalue weighted by Crippen LogP contribution is 2.25. The molecule has 1 amide bonds. The fourth-order valence-electron chi connectivity index (χ4n) is 3.45.